The Balaban J connectivity index is 0.00000225. The van der Waals surface area contributed by atoms with Gasteiger partial charge in [0.25, 0.3) is 0 Å². The first kappa shape index (κ1) is 20.2. The van der Waals surface area contributed by atoms with Crippen molar-refractivity contribution < 1.29 is 4.79 Å². The summed E-state index contributed by atoms with van der Waals surface area (Å²) in [5.41, 5.74) is 12.5. The maximum atomic E-state index is 11.2. The van der Waals surface area contributed by atoms with Gasteiger partial charge in [0.05, 0.1) is 12.1 Å². The first-order valence-corrected chi connectivity index (χ1v) is 9.39. The molecule has 0 unspecified atom stereocenters. The molecule has 1 aromatic heterocycles. The van der Waals surface area contributed by atoms with Gasteiger partial charge in [-0.25, -0.2) is 0 Å². The highest BCUT2D eigenvalue weighted by atomic mass is 35.5. The van der Waals surface area contributed by atoms with Crippen LogP contribution in [-0.2, 0) is 24.1 Å². The van der Waals surface area contributed by atoms with E-state index in [9.17, 15) is 4.79 Å². The van der Waals surface area contributed by atoms with E-state index in [1.165, 1.54) is 5.56 Å². The van der Waals surface area contributed by atoms with Crippen molar-refractivity contribution in [2.24, 2.45) is 5.73 Å². The highest BCUT2D eigenvalue weighted by Gasteiger charge is 2.19. The molecule has 0 saturated carbocycles. The van der Waals surface area contributed by atoms with E-state index in [0.717, 1.165) is 53.2 Å². The van der Waals surface area contributed by atoms with E-state index in [-0.39, 0.29) is 24.7 Å². The lowest BCUT2D eigenvalue weighted by atomic mass is 10.1. The number of amides is 1. The van der Waals surface area contributed by atoms with Crippen molar-refractivity contribution in [3.8, 4) is 11.3 Å². The fourth-order valence-electron chi connectivity index (χ4n) is 3.57. The standard InChI is InChI=1S/C22H20ClN3O.ClH/c23-16-6-2-5-15(12-16)20-13-21(18-8-3-9-19(18)26-20)25-17-7-1-4-14(10-17)11-22(24)27;/h1-2,4-7,10,12-13H,3,8-9,11H2,(H2,24,27)(H,25,26);1H. The van der Waals surface area contributed by atoms with Crippen molar-refractivity contribution in [3.63, 3.8) is 0 Å². The minimum Gasteiger partial charge on any atom is -0.369 e. The van der Waals surface area contributed by atoms with Gasteiger partial charge in [0, 0.05) is 27.7 Å². The number of aromatic nitrogens is 1. The normalized spacial score (nSPS) is 12.2. The van der Waals surface area contributed by atoms with Crippen LogP contribution in [0.1, 0.15) is 23.2 Å². The van der Waals surface area contributed by atoms with Gasteiger partial charge in [-0.2, -0.15) is 0 Å². The Hall–Kier alpha value is -2.56. The monoisotopic (exact) mass is 413 g/mol. The third-order valence-electron chi connectivity index (χ3n) is 4.76. The van der Waals surface area contributed by atoms with Crippen molar-refractivity contribution in [2.45, 2.75) is 25.7 Å². The molecule has 0 atom stereocenters. The second kappa shape index (κ2) is 8.63. The van der Waals surface area contributed by atoms with E-state index in [2.05, 4.69) is 11.4 Å². The third-order valence-corrected chi connectivity index (χ3v) is 4.99. The van der Waals surface area contributed by atoms with Crippen LogP contribution >= 0.6 is 24.0 Å². The molecule has 1 amide bonds. The minimum absolute atomic E-state index is 0. The van der Waals surface area contributed by atoms with Crippen LogP contribution in [0.4, 0.5) is 11.4 Å². The number of anilines is 2. The number of nitrogens with one attached hydrogen (secondary N) is 1. The molecule has 6 heteroatoms. The summed E-state index contributed by atoms with van der Waals surface area (Å²) in [7, 11) is 0. The Labute approximate surface area is 175 Å². The van der Waals surface area contributed by atoms with Crippen molar-refractivity contribution in [1.29, 1.82) is 0 Å². The lowest BCUT2D eigenvalue weighted by Crippen LogP contribution is -2.13. The van der Waals surface area contributed by atoms with Gasteiger partial charge in [-0.05, 0) is 60.7 Å². The number of aryl methyl sites for hydroxylation is 1. The summed E-state index contributed by atoms with van der Waals surface area (Å²) in [6.45, 7) is 0. The number of fused-ring (bicyclic) bond motifs is 1. The first-order valence-electron chi connectivity index (χ1n) is 9.01. The lowest BCUT2D eigenvalue weighted by Gasteiger charge is -2.14. The number of benzene rings is 2. The molecule has 4 rings (SSSR count). The summed E-state index contributed by atoms with van der Waals surface area (Å²) in [5.74, 6) is -0.333. The minimum atomic E-state index is -0.333. The number of carbonyl (C=O) groups is 1. The smallest absolute Gasteiger partial charge is 0.221 e. The molecule has 3 N–H and O–H groups in total. The van der Waals surface area contributed by atoms with Gasteiger partial charge in [0.15, 0.2) is 0 Å². The van der Waals surface area contributed by atoms with Crippen LogP contribution in [0.2, 0.25) is 5.02 Å². The molecule has 4 nitrogen and oxygen atoms in total. The molecule has 0 radical (unpaired) electrons. The van der Waals surface area contributed by atoms with Crippen LogP contribution in [0.5, 0.6) is 0 Å². The maximum absolute atomic E-state index is 11.2. The fourth-order valence-corrected chi connectivity index (χ4v) is 3.76. The Morgan fingerprint density at radius 2 is 1.93 bits per heavy atom. The molecule has 1 heterocycles. The van der Waals surface area contributed by atoms with E-state index in [4.69, 9.17) is 22.3 Å². The van der Waals surface area contributed by atoms with Gasteiger partial charge in [-0.3, -0.25) is 9.78 Å². The van der Waals surface area contributed by atoms with E-state index < -0.39 is 0 Å². The second-order valence-corrected chi connectivity index (χ2v) is 7.25. The van der Waals surface area contributed by atoms with Crippen LogP contribution in [-0.4, -0.2) is 10.9 Å². The predicted molar refractivity (Wildman–Crippen MR) is 117 cm³/mol. The summed E-state index contributed by atoms with van der Waals surface area (Å²) in [5, 5.41) is 4.22. The molecule has 0 saturated heterocycles. The Bertz CT molecular complexity index is 1020. The number of hydrogen-bond donors (Lipinski definition) is 2. The van der Waals surface area contributed by atoms with Gasteiger partial charge >= 0.3 is 0 Å². The second-order valence-electron chi connectivity index (χ2n) is 6.81. The topological polar surface area (TPSA) is 68.0 Å². The Morgan fingerprint density at radius 3 is 2.71 bits per heavy atom. The van der Waals surface area contributed by atoms with Crippen LogP contribution in [0, 0.1) is 0 Å². The van der Waals surface area contributed by atoms with Crippen LogP contribution in [0.15, 0.2) is 54.6 Å². The molecule has 0 spiro atoms. The summed E-state index contributed by atoms with van der Waals surface area (Å²) in [6, 6.07) is 17.6. The SMILES string of the molecule is Cl.NC(=O)Cc1cccc(Nc2cc(-c3cccc(Cl)c3)nc3c2CCC3)c1. The van der Waals surface area contributed by atoms with Gasteiger partial charge in [-0.1, -0.05) is 35.9 Å². The van der Waals surface area contributed by atoms with Gasteiger partial charge in [0.2, 0.25) is 5.91 Å². The molecule has 1 aliphatic carbocycles. The molecular weight excluding hydrogens is 393 g/mol. The number of pyridine rings is 1. The number of carbonyl (C=O) groups excluding carboxylic acids is 1. The number of halogens is 2. The number of nitrogens with two attached hydrogens (primary N) is 1. The highest BCUT2D eigenvalue weighted by molar-refractivity contribution is 6.30. The summed E-state index contributed by atoms with van der Waals surface area (Å²) < 4.78 is 0. The van der Waals surface area contributed by atoms with Crippen molar-refractivity contribution in [1.82, 2.24) is 4.98 Å². The van der Waals surface area contributed by atoms with Crippen molar-refractivity contribution >= 4 is 41.3 Å². The zero-order chi connectivity index (χ0) is 18.8. The molecule has 1 aliphatic rings. The maximum Gasteiger partial charge on any atom is 0.221 e. The molecule has 0 bridgehead atoms. The Kier molecular flexibility index (Phi) is 6.22. The first-order chi connectivity index (χ1) is 13.1. The number of nitrogens with zero attached hydrogens (tertiary/aromatic N) is 1. The van der Waals surface area contributed by atoms with E-state index in [1.54, 1.807) is 0 Å². The quantitative estimate of drug-likeness (QED) is 0.612. The van der Waals surface area contributed by atoms with Crippen LogP contribution < -0.4 is 11.1 Å². The average Bonchev–Trinajstić information content (AvgIpc) is 3.10. The number of hydrogen-bond acceptors (Lipinski definition) is 3. The number of primary amides is 1. The van der Waals surface area contributed by atoms with Crippen LogP contribution in [0.25, 0.3) is 11.3 Å². The van der Waals surface area contributed by atoms with Gasteiger partial charge in [-0.15, -0.1) is 12.4 Å². The van der Waals surface area contributed by atoms with Gasteiger partial charge in [0.1, 0.15) is 0 Å². The summed E-state index contributed by atoms with van der Waals surface area (Å²) in [4.78, 5) is 16.1. The largest absolute Gasteiger partial charge is 0.369 e. The van der Waals surface area contributed by atoms with Crippen LogP contribution in [0.3, 0.4) is 0 Å². The van der Waals surface area contributed by atoms with E-state index >= 15 is 0 Å². The highest BCUT2D eigenvalue weighted by Crippen LogP contribution is 2.34. The van der Waals surface area contributed by atoms with E-state index in [1.807, 2.05) is 48.5 Å². The Morgan fingerprint density at radius 1 is 1.11 bits per heavy atom. The van der Waals surface area contributed by atoms with Gasteiger partial charge < -0.3 is 11.1 Å². The van der Waals surface area contributed by atoms with E-state index in [0.29, 0.717) is 5.02 Å². The zero-order valence-corrected chi connectivity index (χ0v) is 16.8. The molecule has 3 aromatic rings. The molecular formula is C22H21Cl2N3O. The fraction of sp³-hybridized carbons (Fsp3) is 0.182. The zero-order valence-electron chi connectivity index (χ0n) is 15.2. The average molecular weight is 414 g/mol. The lowest BCUT2D eigenvalue weighted by molar-refractivity contribution is -0.117. The molecule has 0 aliphatic heterocycles. The van der Waals surface area contributed by atoms with Crippen molar-refractivity contribution in [3.05, 3.63) is 76.4 Å². The third kappa shape index (κ3) is 4.46. The van der Waals surface area contributed by atoms with Crippen molar-refractivity contribution in [2.75, 3.05) is 5.32 Å². The molecule has 144 valence electrons. The molecule has 2 aromatic carbocycles. The summed E-state index contributed by atoms with van der Waals surface area (Å²) >= 11 is 6.16. The predicted octanol–water partition coefficient (Wildman–Crippen LogP) is 5.08. The summed E-state index contributed by atoms with van der Waals surface area (Å²) in [6.07, 6.45) is 3.34. The number of rotatable bonds is 5. The molecule has 28 heavy (non-hydrogen) atoms. The molecule has 0 fully saturated rings.